The van der Waals surface area contributed by atoms with Crippen LogP contribution in [0.4, 0.5) is 5.69 Å². The number of aryl methyl sites for hydroxylation is 1. The molecule has 0 saturated heterocycles. The Morgan fingerprint density at radius 3 is 2.15 bits per heavy atom. The first-order valence-electron chi connectivity index (χ1n) is 13.3. The van der Waals surface area contributed by atoms with Gasteiger partial charge in [0, 0.05) is 13.1 Å². The minimum absolute atomic E-state index is 0.0877. The van der Waals surface area contributed by atoms with E-state index in [9.17, 15) is 18.0 Å². The van der Waals surface area contributed by atoms with Crippen molar-refractivity contribution in [3.05, 3.63) is 95.6 Å². The zero-order valence-corrected chi connectivity index (χ0v) is 24.2. The summed E-state index contributed by atoms with van der Waals surface area (Å²) in [7, 11) is -4.07. The third kappa shape index (κ3) is 7.69. The zero-order chi connectivity index (χ0) is 28.6. The van der Waals surface area contributed by atoms with Crippen LogP contribution in [0.3, 0.4) is 0 Å². The molecule has 0 spiro atoms. The van der Waals surface area contributed by atoms with Crippen LogP contribution in [0, 0.1) is 6.92 Å². The van der Waals surface area contributed by atoms with Crippen molar-refractivity contribution >= 4 is 27.5 Å². The lowest BCUT2D eigenvalue weighted by molar-refractivity contribution is -0.139. The Hall–Kier alpha value is -3.65. The van der Waals surface area contributed by atoms with Crippen LogP contribution in [-0.2, 0) is 26.2 Å². The van der Waals surface area contributed by atoms with Crippen LogP contribution in [0.15, 0.2) is 83.8 Å². The lowest BCUT2D eigenvalue weighted by Crippen LogP contribution is -2.51. The molecule has 3 aromatic rings. The van der Waals surface area contributed by atoms with E-state index in [1.165, 1.54) is 17.0 Å². The molecular formula is C31H39N3O4S. The Balaban J connectivity index is 2.02. The first-order valence-corrected chi connectivity index (χ1v) is 14.8. The molecule has 0 aliphatic heterocycles. The first kappa shape index (κ1) is 29.9. The number of benzene rings is 3. The van der Waals surface area contributed by atoms with E-state index in [4.69, 9.17) is 0 Å². The summed E-state index contributed by atoms with van der Waals surface area (Å²) >= 11 is 0. The fourth-order valence-corrected chi connectivity index (χ4v) is 5.69. The van der Waals surface area contributed by atoms with Crippen molar-refractivity contribution in [2.75, 3.05) is 17.4 Å². The number of hydrogen-bond donors (Lipinski definition) is 1. The van der Waals surface area contributed by atoms with Crippen LogP contribution < -0.4 is 9.62 Å². The predicted molar refractivity (Wildman–Crippen MR) is 156 cm³/mol. The summed E-state index contributed by atoms with van der Waals surface area (Å²) in [5, 5.41) is 2.86. The van der Waals surface area contributed by atoms with E-state index < -0.39 is 28.5 Å². The summed E-state index contributed by atoms with van der Waals surface area (Å²) < 4.78 is 28.8. The summed E-state index contributed by atoms with van der Waals surface area (Å²) in [6.07, 6.45) is 0.764. The molecule has 7 nitrogen and oxygen atoms in total. The number of amides is 2. The van der Waals surface area contributed by atoms with Gasteiger partial charge in [-0.05, 0) is 61.6 Å². The summed E-state index contributed by atoms with van der Waals surface area (Å²) in [5.41, 5.74) is 3.33. The minimum atomic E-state index is -4.07. The first-order chi connectivity index (χ1) is 18.5. The molecule has 0 aliphatic rings. The fourth-order valence-electron chi connectivity index (χ4n) is 4.26. The highest BCUT2D eigenvalue weighted by molar-refractivity contribution is 7.92. The number of carbonyl (C=O) groups excluding carboxylic acids is 2. The van der Waals surface area contributed by atoms with Crippen LogP contribution in [0.25, 0.3) is 0 Å². The van der Waals surface area contributed by atoms with E-state index in [0.717, 1.165) is 27.4 Å². The van der Waals surface area contributed by atoms with Gasteiger partial charge in [-0.1, -0.05) is 80.9 Å². The van der Waals surface area contributed by atoms with Crippen molar-refractivity contribution in [3.8, 4) is 0 Å². The molecule has 1 N–H and O–H groups in total. The summed E-state index contributed by atoms with van der Waals surface area (Å²) in [4.78, 5) is 28.4. The van der Waals surface area contributed by atoms with Crippen LogP contribution in [-0.4, -0.2) is 44.3 Å². The number of sulfonamides is 1. The quantitative estimate of drug-likeness (QED) is 0.334. The Bertz CT molecular complexity index is 1360. The number of nitrogens with one attached hydrogen (secondary N) is 1. The monoisotopic (exact) mass is 549 g/mol. The normalized spacial score (nSPS) is 12.2. The van der Waals surface area contributed by atoms with Crippen molar-refractivity contribution in [1.29, 1.82) is 0 Å². The molecule has 39 heavy (non-hydrogen) atoms. The second-order valence-electron chi connectivity index (χ2n) is 10.0. The molecule has 0 fully saturated rings. The molecule has 0 saturated carbocycles. The van der Waals surface area contributed by atoms with E-state index in [1.54, 1.807) is 37.3 Å². The van der Waals surface area contributed by atoms with E-state index in [-0.39, 0.29) is 23.3 Å². The Morgan fingerprint density at radius 2 is 1.56 bits per heavy atom. The molecule has 0 radical (unpaired) electrons. The SMILES string of the molecule is CCCNC(=O)[C@@H](C)N(Cc1cccc(C)c1)C(=O)CN(c1ccc(C(C)C)cc1)S(=O)(=O)c1ccccc1. The van der Waals surface area contributed by atoms with Gasteiger partial charge in [0.15, 0.2) is 0 Å². The maximum atomic E-state index is 13.9. The number of carbonyl (C=O) groups is 2. The molecule has 208 valence electrons. The van der Waals surface area contributed by atoms with Gasteiger partial charge in [-0.25, -0.2) is 8.42 Å². The summed E-state index contributed by atoms with van der Waals surface area (Å²) in [6, 6.07) is 22.2. The van der Waals surface area contributed by atoms with Gasteiger partial charge in [-0.15, -0.1) is 0 Å². The average Bonchev–Trinajstić information content (AvgIpc) is 2.93. The van der Waals surface area contributed by atoms with Gasteiger partial charge in [-0.2, -0.15) is 0 Å². The second-order valence-corrected chi connectivity index (χ2v) is 11.9. The lowest BCUT2D eigenvalue weighted by atomic mass is 10.0. The van der Waals surface area contributed by atoms with Gasteiger partial charge in [0.2, 0.25) is 11.8 Å². The van der Waals surface area contributed by atoms with Gasteiger partial charge in [-0.3, -0.25) is 13.9 Å². The van der Waals surface area contributed by atoms with Gasteiger partial charge in [0.1, 0.15) is 12.6 Å². The van der Waals surface area contributed by atoms with Crippen molar-refractivity contribution in [3.63, 3.8) is 0 Å². The van der Waals surface area contributed by atoms with Crippen LogP contribution in [0.2, 0.25) is 0 Å². The molecule has 0 unspecified atom stereocenters. The molecule has 3 aromatic carbocycles. The Morgan fingerprint density at radius 1 is 0.897 bits per heavy atom. The second kappa shape index (κ2) is 13.4. The molecule has 2 amide bonds. The van der Waals surface area contributed by atoms with Crippen molar-refractivity contribution < 1.29 is 18.0 Å². The van der Waals surface area contributed by atoms with Crippen molar-refractivity contribution in [1.82, 2.24) is 10.2 Å². The van der Waals surface area contributed by atoms with E-state index in [2.05, 4.69) is 19.2 Å². The van der Waals surface area contributed by atoms with Gasteiger partial charge in [0.05, 0.1) is 10.6 Å². The third-order valence-electron chi connectivity index (χ3n) is 6.61. The highest BCUT2D eigenvalue weighted by Crippen LogP contribution is 2.26. The zero-order valence-electron chi connectivity index (χ0n) is 23.4. The number of anilines is 1. The molecule has 0 heterocycles. The number of rotatable bonds is 12. The Labute approximate surface area is 232 Å². The molecule has 1 atom stereocenters. The fraction of sp³-hybridized carbons (Fsp3) is 0.355. The molecule has 0 bridgehead atoms. The molecule has 0 aromatic heterocycles. The van der Waals surface area contributed by atoms with Crippen LogP contribution in [0.1, 0.15) is 56.7 Å². The highest BCUT2D eigenvalue weighted by Gasteiger charge is 2.32. The van der Waals surface area contributed by atoms with Gasteiger partial charge in [0.25, 0.3) is 10.0 Å². The maximum Gasteiger partial charge on any atom is 0.264 e. The highest BCUT2D eigenvalue weighted by atomic mass is 32.2. The summed E-state index contributed by atoms with van der Waals surface area (Å²) in [5.74, 6) is -0.480. The predicted octanol–water partition coefficient (Wildman–Crippen LogP) is 5.26. The maximum absolute atomic E-state index is 13.9. The molecule has 0 aliphatic carbocycles. The number of nitrogens with zero attached hydrogens (tertiary/aromatic N) is 2. The van der Waals surface area contributed by atoms with Gasteiger partial charge >= 0.3 is 0 Å². The molecule has 3 rings (SSSR count). The molecule has 8 heteroatoms. The molecular weight excluding hydrogens is 510 g/mol. The van der Waals surface area contributed by atoms with Crippen molar-refractivity contribution in [2.24, 2.45) is 0 Å². The van der Waals surface area contributed by atoms with E-state index in [0.29, 0.717) is 12.2 Å². The standard InChI is InChI=1S/C31H39N3O4S/c1-6-19-32-31(36)25(5)33(21-26-12-10-11-24(4)20-26)30(35)22-34(28-17-15-27(16-18-28)23(2)3)39(37,38)29-13-8-7-9-14-29/h7-18,20,23,25H,6,19,21-22H2,1-5H3,(H,32,36)/t25-/m1/s1. The minimum Gasteiger partial charge on any atom is -0.354 e. The van der Waals surface area contributed by atoms with E-state index in [1.807, 2.05) is 50.2 Å². The van der Waals surface area contributed by atoms with Gasteiger partial charge < -0.3 is 10.2 Å². The summed E-state index contributed by atoms with van der Waals surface area (Å²) in [6.45, 7) is 9.93. The topological polar surface area (TPSA) is 86.8 Å². The van der Waals surface area contributed by atoms with E-state index >= 15 is 0 Å². The average molecular weight is 550 g/mol. The lowest BCUT2D eigenvalue weighted by Gasteiger charge is -2.32. The van der Waals surface area contributed by atoms with Crippen LogP contribution >= 0.6 is 0 Å². The largest absolute Gasteiger partial charge is 0.354 e. The number of hydrogen-bond acceptors (Lipinski definition) is 4. The smallest absolute Gasteiger partial charge is 0.264 e. The third-order valence-corrected chi connectivity index (χ3v) is 8.40. The van der Waals surface area contributed by atoms with Crippen LogP contribution in [0.5, 0.6) is 0 Å². The van der Waals surface area contributed by atoms with Crippen molar-refractivity contribution in [2.45, 2.75) is 64.4 Å². The Kier molecular flexibility index (Phi) is 10.3.